The first-order valence-corrected chi connectivity index (χ1v) is 10.7. The molecule has 0 unspecified atom stereocenters. The average Bonchev–Trinajstić information content (AvgIpc) is 2.39. The van der Waals surface area contributed by atoms with Gasteiger partial charge in [-0.05, 0) is 5.04 Å². The number of β-lactam (4-membered cyclic amide) rings is 1. The number of hydrogen-bond donors (Lipinski definition) is 2. The van der Waals surface area contributed by atoms with Gasteiger partial charge < -0.3 is 14.8 Å². The van der Waals surface area contributed by atoms with Crippen LogP contribution in [-0.2, 0) is 4.79 Å². The van der Waals surface area contributed by atoms with Crippen molar-refractivity contribution in [3.05, 3.63) is 0 Å². The Morgan fingerprint density at radius 3 is 2.09 bits per heavy atom. The fraction of sp³-hybridized carbons (Fsp3) is 0.706. The Morgan fingerprint density at radius 2 is 1.59 bits per heavy atom. The molecule has 0 radical (unpaired) electrons. The van der Waals surface area contributed by atoms with Gasteiger partial charge in [-0.2, -0.15) is 0 Å². The van der Waals surface area contributed by atoms with Crippen LogP contribution in [0.15, 0.2) is 0 Å². The van der Waals surface area contributed by atoms with Gasteiger partial charge in [-0.15, -0.1) is 0 Å². The fourth-order valence-electron chi connectivity index (χ4n) is 2.81. The van der Waals surface area contributed by atoms with Crippen LogP contribution in [0.4, 0.5) is 0 Å². The molecule has 22 heavy (non-hydrogen) atoms. The Balaban J connectivity index is 2.28. The highest BCUT2D eigenvalue weighted by molar-refractivity contribution is 6.80. The summed E-state index contributed by atoms with van der Waals surface area (Å²) in [4.78, 5) is 12.6. The molecule has 4 nitrogen and oxygen atoms in total. The van der Waals surface area contributed by atoms with Crippen molar-refractivity contribution in [1.82, 2.24) is 4.57 Å². The van der Waals surface area contributed by atoms with Gasteiger partial charge in [0.25, 0.3) is 0 Å². The second kappa shape index (κ2) is 5.74. The average molecular weight is 319 g/mol. The summed E-state index contributed by atoms with van der Waals surface area (Å²) in [5.41, 5.74) is 0. The number of carbonyl (C=O) groups excluding carboxylic acids is 1. The van der Waals surface area contributed by atoms with Crippen LogP contribution in [-0.4, -0.2) is 47.2 Å². The highest BCUT2D eigenvalue weighted by Crippen LogP contribution is 2.46. The van der Waals surface area contributed by atoms with Gasteiger partial charge >= 0.3 is 0 Å². The fourth-order valence-corrected chi connectivity index (χ4v) is 5.35. The molecule has 0 bridgehead atoms. The summed E-state index contributed by atoms with van der Waals surface area (Å²) in [6.45, 7) is 11.0. The lowest BCUT2D eigenvalue weighted by Gasteiger charge is -2.58. The predicted octanol–water partition coefficient (Wildman–Crippen LogP) is 1.34. The maximum atomic E-state index is 12.6. The molecule has 0 aromatic rings. The molecule has 1 aliphatic heterocycles. The Kier molecular flexibility index (Phi) is 4.46. The van der Waals surface area contributed by atoms with Crippen LogP contribution < -0.4 is 0 Å². The summed E-state index contributed by atoms with van der Waals surface area (Å²) < 4.78 is 2.07. The molecule has 1 heterocycles. The molecule has 0 aromatic heterocycles. The van der Waals surface area contributed by atoms with E-state index in [2.05, 4.69) is 62.1 Å². The number of rotatable bonds is 1. The smallest absolute Gasteiger partial charge is 0.221 e. The Labute approximate surface area is 134 Å². The number of fused-ring (bicyclic) bond motifs is 1. The van der Waals surface area contributed by atoms with Crippen molar-refractivity contribution in [2.75, 3.05) is 0 Å². The molecular formula is C17H25NO3Si. The van der Waals surface area contributed by atoms with Crippen molar-refractivity contribution >= 4 is 14.1 Å². The molecule has 1 fully saturated rings. The van der Waals surface area contributed by atoms with Crippen molar-refractivity contribution in [2.24, 2.45) is 5.92 Å². The first kappa shape index (κ1) is 17.1. The number of aliphatic hydroxyl groups is 2. The van der Waals surface area contributed by atoms with E-state index in [-0.39, 0.29) is 22.9 Å². The van der Waals surface area contributed by atoms with Gasteiger partial charge in [0.1, 0.15) is 0 Å². The molecule has 1 aliphatic carbocycles. The molecule has 1 amide bonds. The van der Waals surface area contributed by atoms with Crippen LogP contribution in [0.25, 0.3) is 0 Å². The monoisotopic (exact) mass is 319 g/mol. The standard InChI is InChI=1S/C17H25NO3Si/c1-17(2,3)22(4,5)18-13-9-7-11-15(20)14(19)10-6-8-12(13)16(18)21/h12-15,19-20H,8-9H2,1-5H3/t12-,13-,14+,15-/m0/s1. The third kappa shape index (κ3) is 2.81. The van der Waals surface area contributed by atoms with Crippen molar-refractivity contribution in [2.45, 2.75) is 70.0 Å². The topological polar surface area (TPSA) is 60.8 Å². The van der Waals surface area contributed by atoms with Gasteiger partial charge in [0, 0.05) is 18.9 Å². The zero-order chi connectivity index (χ0) is 16.7. The van der Waals surface area contributed by atoms with E-state index >= 15 is 0 Å². The van der Waals surface area contributed by atoms with Crippen LogP contribution in [0.1, 0.15) is 33.6 Å². The summed E-state index contributed by atoms with van der Waals surface area (Å²) in [7, 11) is -1.94. The lowest BCUT2D eigenvalue weighted by molar-refractivity contribution is -0.147. The van der Waals surface area contributed by atoms with E-state index in [9.17, 15) is 15.0 Å². The SMILES string of the molecule is CC(C)(C)[Si](C)(C)N1C(=O)[C@H]2CC#C[C@@H](O)[C@@H](O)C#CC[C@@H]21. The van der Waals surface area contributed by atoms with Gasteiger partial charge in [-0.1, -0.05) is 57.5 Å². The largest absolute Gasteiger partial charge is 0.377 e. The van der Waals surface area contributed by atoms with Crippen molar-refractivity contribution in [1.29, 1.82) is 0 Å². The van der Waals surface area contributed by atoms with E-state index in [0.717, 1.165) is 0 Å². The minimum Gasteiger partial charge on any atom is -0.377 e. The molecule has 4 atom stereocenters. The van der Waals surface area contributed by atoms with E-state index in [1.54, 1.807) is 0 Å². The number of nitrogens with zero attached hydrogens (tertiary/aromatic N) is 1. The van der Waals surface area contributed by atoms with E-state index in [1.807, 2.05) is 0 Å². The van der Waals surface area contributed by atoms with Crippen molar-refractivity contribution in [3.63, 3.8) is 0 Å². The maximum absolute atomic E-state index is 12.6. The van der Waals surface area contributed by atoms with Gasteiger partial charge in [0.05, 0.1) is 5.92 Å². The summed E-state index contributed by atoms with van der Waals surface area (Å²) in [6.07, 6.45) is -1.33. The first-order chi connectivity index (χ1) is 10.1. The zero-order valence-corrected chi connectivity index (χ0v) is 15.0. The second-order valence-corrected chi connectivity index (χ2v) is 12.7. The second-order valence-electron chi connectivity index (χ2n) is 7.63. The quantitative estimate of drug-likeness (QED) is 0.436. The van der Waals surface area contributed by atoms with Crippen molar-refractivity contribution in [3.8, 4) is 23.7 Å². The minimum absolute atomic E-state index is 0.0811. The zero-order valence-electron chi connectivity index (χ0n) is 14.0. The minimum atomic E-state index is -1.94. The molecular weight excluding hydrogens is 294 g/mol. The Morgan fingerprint density at radius 1 is 1.09 bits per heavy atom. The number of carbonyl (C=O) groups is 1. The van der Waals surface area contributed by atoms with Gasteiger partial charge in [-0.3, -0.25) is 4.79 Å². The number of amides is 1. The lowest BCUT2D eigenvalue weighted by atomic mass is 9.85. The van der Waals surface area contributed by atoms with Crippen molar-refractivity contribution < 1.29 is 15.0 Å². The van der Waals surface area contributed by atoms with Crippen LogP contribution in [0.2, 0.25) is 18.1 Å². The van der Waals surface area contributed by atoms with Gasteiger partial charge in [0.15, 0.2) is 20.4 Å². The van der Waals surface area contributed by atoms with Crippen LogP contribution in [0.5, 0.6) is 0 Å². The highest BCUT2D eigenvalue weighted by Gasteiger charge is 2.56. The molecule has 0 aromatic carbocycles. The summed E-state index contributed by atoms with van der Waals surface area (Å²) >= 11 is 0. The molecule has 120 valence electrons. The predicted molar refractivity (Wildman–Crippen MR) is 88.1 cm³/mol. The number of aliphatic hydroxyl groups excluding tert-OH is 2. The maximum Gasteiger partial charge on any atom is 0.221 e. The van der Waals surface area contributed by atoms with E-state index < -0.39 is 20.4 Å². The van der Waals surface area contributed by atoms with Crippen LogP contribution >= 0.6 is 0 Å². The summed E-state index contributed by atoms with van der Waals surface area (Å²) in [5, 5.41) is 19.4. The highest BCUT2D eigenvalue weighted by atomic mass is 28.3. The van der Waals surface area contributed by atoms with Crippen LogP contribution in [0, 0.1) is 29.6 Å². The lowest BCUT2D eigenvalue weighted by Crippen LogP contribution is -2.72. The van der Waals surface area contributed by atoms with Gasteiger partial charge in [-0.25, -0.2) is 0 Å². The van der Waals surface area contributed by atoms with E-state index in [0.29, 0.717) is 12.8 Å². The third-order valence-electron chi connectivity index (χ3n) is 5.22. The van der Waals surface area contributed by atoms with Crippen LogP contribution in [0.3, 0.4) is 0 Å². The summed E-state index contributed by atoms with van der Waals surface area (Å²) in [5.74, 6) is 11.1. The number of hydrogen-bond acceptors (Lipinski definition) is 3. The van der Waals surface area contributed by atoms with E-state index in [1.165, 1.54) is 0 Å². The molecule has 0 saturated carbocycles. The molecule has 5 heteroatoms. The first-order valence-electron chi connectivity index (χ1n) is 7.73. The molecule has 2 N–H and O–H groups in total. The summed E-state index contributed by atoms with van der Waals surface area (Å²) in [6, 6.07) is 0.0811. The molecule has 0 spiro atoms. The molecule has 2 rings (SSSR count). The van der Waals surface area contributed by atoms with E-state index in [4.69, 9.17) is 0 Å². The van der Waals surface area contributed by atoms with Gasteiger partial charge in [0.2, 0.25) is 5.91 Å². The molecule has 2 aliphatic rings. The molecule has 1 saturated heterocycles. The third-order valence-corrected chi connectivity index (χ3v) is 10.6. The Bertz CT molecular complexity index is 585. The Hall–Kier alpha value is -1.27. The normalized spacial score (nSPS) is 32.0.